The number of hydrogen-bond acceptors (Lipinski definition) is 4. The van der Waals surface area contributed by atoms with E-state index in [0.29, 0.717) is 11.7 Å². The summed E-state index contributed by atoms with van der Waals surface area (Å²) in [6, 6.07) is 10.3. The number of aromatic nitrogens is 2. The Labute approximate surface area is 142 Å². The topological polar surface area (TPSA) is 66.9 Å². The minimum Gasteiger partial charge on any atom is -0.366 e. The number of carbonyl (C=O) groups is 1. The molecule has 126 valence electrons. The third kappa shape index (κ3) is 4.31. The van der Waals surface area contributed by atoms with Crippen LogP contribution in [0, 0.1) is 0 Å². The molecular formula is C19H24N4O. The predicted molar refractivity (Wildman–Crippen MR) is 94.9 cm³/mol. The first-order valence-corrected chi connectivity index (χ1v) is 8.67. The number of anilines is 1. The van der Waals surface area contributed by atoms with Crippen molar-refractivity contribution in [2.75, 3.05) is 5.32 Å². The average molecular weight is 324 g/mol. The minimum absolute atomic E-state index is 0.0689. The standard InChI is InChI=1S/C19H24N4O/c1-14(15-8-4-2-5-9-15)22-19(24)17-12-21-18(13-20-17)23-16-10-6-3-7-11-16/h2,4-5,8-9,12-14,16H,3,6-7,10-11H2,1H3,(H,21,23)(H,22,24). The quantitative estimate of drug-likeness (QED) is 0.880. The first kappa shape index (κ1) is 16.4. The van der Waals surface area contributed by atoms with Gasteiger partial charge in [0.2, 0.25) is 0 Å². The maximum Gasteiger partial charge on any atom is 0.271 e. The van der Waals surface area contributed by atoms with Gasteiger partial charge in [-0.15, -0.1) is 0 Å². The van der Waals surface area contributed by atoms with E-state index >= 15 is 0 Å². The van der Waals surface area contributed by atoms with Gasteiger partial charge in [-0.1, -0.05) is 49.6 Å². The fourth-order valence-electron chi connectivity index (χ4n) is 3.07. The Kier molecular flexibility index (Phi) is 5.41. The van der Waals surface area contributed by atoms with Crippen molar-refractivity contribution in [3.63, 3.8) is 0 Å². The lowest BCUT2D eigenvalue weighted by Crippen LogP contribution is -2.28. The Hall–Kier alpha value is -2.43. The molecule has 0 bridgehead atoms. The second-order valence-electron chi connectivity index (χ2n) is 6.37. The second-order valence-corrected chi connectivity index (χ2v) is 6.37. The van der Waals surface area contributed by atoms with Crippen LogP contribution in [0.4, 0.5) is 5.82 Å². The first-order valence-electron chi connectivity index (χ1n) is 8.67. The number of rotatable bonds is 5. The van der Waals surface area contributed by atoms with Crippen LogP contribution in [-0.2, 0) is 0 Å². The Morgan fingerprint density at radius 2 is 1.83 bits per heavy atom. The summed E-state index contributed by atoms with van der Waals surface area (Å²) in [5.74, 6) is 0.539. The molecule has 5 nitrogen and oxygen atoms in total. The van der Waals surface area contributed by atoms with E-state index in [1.54, 1.807) is 6.20 Å². The molecule has 0 radical (unpaired) electrons. The molecule has 3 rings (SSSR count). The summed E-state index contributed by atoms with van der Waals surface area (Å²) in [6.45, 7) is 1.96. The SMILES string of the molecule is CC(NC(=O)c1cnc(NC2CCCCC2)cn1)c1ccccc1. The summed E-state index contributed by atoms with van der Waals surface area (Å²) >= 11 is 0. The summed E-state index contributed by atoms with van der Waals surface area (Å²) in [5, 5.41) is 6.36. The van der Waals surface area contributed by atoms with E-state index in [1.807, 2.05) is 37.3 Å². The molecule has 0 aliphatic heterocycles. The van der Waals surface area contributed by atoms with E-state index in [4.69, 9.17) is 0 Å². The Balaban J connectivity index is 1.57. The van der Waals surface area contributed by atoms with Crippen LogP contribution in [0.15, 0.2) is 42.7 Å². The molecule has 1 unspecified atom stereocenters. The molecule has 2 N–H and O–H groups in total. The van der Waals surface area contributed by atoms with Crippen LogP contribution < -0.4 is 10.6 Å². The molecule has 2 aromatic rings. The van der Waals surface area contributed by atoms with E-state index in [0.717, 1.165) is 11.4 Å². The second kappa shape index (κ2) is 7.90. The van der Waals surface area contributed by atoms with Gasteiger partial charge in [0.25, 0.3) is 5.91 Å². The zero-order chi connectivity index (χ0) is 16.8. The van der Waals surface area contributed by atoms with Crippen molar-refractivity contribution in [2.24, 2.45) is 0 Å². The summed E-state index contributed by atoms with van der Waals surface area (Å²) in [7, 11) is 0. The van der Waals surface area contributed by atoms with Gasteiger partial charge >= 0.3 is 0 Å². The van der Waals surface area contributed by atoms with Crippen molar-refractivity contribution in [1.82, 2.24) is 15.3 Å². The zero-order valence-electron chi connectivity index (χ0n) is 14.0. The van der Waals surface area contributed by atoms with Crippen LogP contribution in [0.25, 0.3) is 0 Å². The predicted octanol–water partition coefficient (Wildman–Crippen LogP) is 3.71. The molecule has 24 heavy (non-hydrogen) atoms. The molecule has 1 aromatic carbocycles. The number of benzene rings is 1. The van der Waals surface area contributed by atoms with Gasteiger partial charge < -0.3 is 10.6 Å². The molecule has 1 aromatic heterocycles. The smallest absolute Gasteiger partial charge is 0.271 e. The Morgan fingerprint density at radius 1 is 1.08 bits per heavy atom. The largest absolute Gasteiger partial charge is 0.366 e. The van der Waals surface area contributed by atoms with Gasteiger partial charge in [-0.25, -0.2) is 9.97 Å². The molecule has 1 aliphatic carbocycles. The van der Waals surface area contributed by atoms with Crippen LogP contribution in [0.3, 0.4) is 0 Å². The van der Waals surface area contributed by atoms with Gasteiger partial charge in [0.05, 0.1) is 18.4 Å². The van der Waals surface area contributed by atoms with E-state index in [1.165, 1.54) is 38.3 Å². The van der Waals surface area contributed by atoms with Crippen LogP contribution in [-0.4, -0.2) is 21.9 Å². The maximum absolute atomic E-state index is 12.3. The number of amides is 1. The summed E-state index contributed by atoms with van der Waals surface area (Å²) in [6.07, 6.45) is 9.40. The van der Waals surface area contributed by atoms with E-state index in [9.17, 15) is 4.79 Å². The van der Waals surface area contributed by atoms with Crippen LogP contribution >= 0.6 is 0 Å². The van der Waals surface area contributed by atoms with Crippen LogP contribution in [0.1, 0.15) is 61.1 Å². The summed E-state index contributed by atoms with van der Waals surface area (Å²) in [4.78, 5) is 20.9. The molecule has 5 heteroatoms. The van der Waals surface area contributed by atoms with Crippen molar-refractivity contribution in [2.45, 2.75) is 51.1 Å². The Bertz CT molecular complexity index is 651. The van der Waals surface area contributed by atoms with Crippen LogP contribution in [0.2, 0.25) is 0 Å². The molecule has 1 saturated carbocycles. The van der Waals surface area contributed by atoms with Crippen molar-refractivity contribution in [3.05, 3.63) is 54.0 Å². The lowest BCUT2D eigenvalue weighted by atomic mass is 9.96. The molecule has 1 amide bonds. The molecule has 1 atom stereocenters. The maximum atomic E-state index is 12.3. The number of carbonyl (C=O) groups excluding carboxylic acids is 1. The third-order valence-electron chi connectivity index (χ3n) is 4.49. The normalized spacial score (nSPS) is 16.4. The van der Waals surface area contributed by atoms with Crippen molar-refractivity contribution in [3.8, 4) is 0 Å². The van der Waals surface area contributed by atoms with Crippen molar-refractivity contribution >= 4 is 11.7 Å². The van der Waals surface area contributed by atoms with Gasteiger partial charge in [0, 0.05) is 6.04 Å². The van der Waals surface area contributed by atoms with Gasteiger partial charge in [0.15, 0.2) is 0 Å². The highest BCUT2D eigenvalue weighted by Gasteiger charge is 2.15. The van der Waals surface area contributed by atoms with E-state index in [-0.39, 0.29) is 11.9 Å². The minimum atomic E-state index is -0.205. The van der Waals surface area contributed by atoms with E-state index in [2.05, 4.69) is 20.6 Å². The molecule has 1 fully saturated rings. The number of hydrogen-bond donors (Lipinski definition) is 2. The fraction of sp³-hybridized carbons (Fsp3) is 0.421. The van der Waals surface area contributed by atoms with Gasteiger partial charge in [-0.3, -0.25) is 4.79 Å². The fourth-order valence-corrected chi connectivity index (χ4v) is 3.07. The summed E-state index contributed by atoms with van der Waals surface area (Å²) < 4.78 is 0. The molecule has 1 aliphatic rings. The molecule has 0 spiro atoms. The highest BCUT2D eigenvalue weighted by atomic mass is 16.1. The number of nitrogens with zero attached hydrogens (tertiary/aromatic N) is 2. The molecule has 1 heterocycles. The zero-order valence-corrected chi connectivity index (χ0v) is 14.0. The molecule has 0 saturated heterocycles. The average Bonchev–Trinajstić information content (AvgIpc) is 2.64. The lowest BCUT2D eigenvalue weighted by Gasteiger charge is -2.23. The summed E-state index contributed by atoms with van der Waals surface area (Å²) in [5.41, 5.74) is 1.40. The Morgan fingerprint density at radius 3 is 2.50 bits per heavy atom. The third-order valence-corrected chi connectivity index (χ3v) is 4.49. The van der Waals surface area contributed by atoms with Gasteiger partial charge in [0.1, 0.15) is 11.5 Å². The number of nitrogens with one attached hydrogen (secondary N) is 2. The van der Waals surface area contributed by atoms with Gasteiger partial charge in [-0.2, -0.15) is 0 Å². The van der Waals surface area contributed by atoms with E-state index < -0.39 is 0 Å². The first-order chi connectivity index (χ1) is 11.7. The monoisotopic (exact) mass is 324 g/mol. The lowest BCUT2D eigenvalue weighted by molar-refractivity contribution is 0.0934. The molecular weight excluding hydrogens is 300 g/mol. The van der Waals surface area contributed by atoms with Gasteiger partial charge in [-0.05, 0) is 25.3 Å². The highest BCUT2D eigenvalue weighted by molar-refractivity contribution is 5.92. The van der Waals surface area contributed by atoms with Crippen molar-refractivity contribution in [1.29, 1.82) is 0 Å². The van der Waals surface area contributed by atoms with Crippen LogP contribution in [0.5, 0.6) is 0 Å². The van der Waals surface area contributed by atoms with Crippen molar-refractivity contribution < 1.29 is 4.79 Å². The highest BCUT2D eigenvalue weighted by Crippen LogP contribution is 2.20.